The van der Waals surface area contributed by atoms with Crippen LogP contribution in [0.1, 0.15) is 38.3 Å². The van der Waals surface area contributed by atoms with Gasteiger partial charge >= 0.3 is 0 Å². The number of allylic oxidation sites excluding steroid dienone is 1. The predicted octanol–water partition coefficient (Wildman–Crippen LogP) is 5.29. The van der Waals surface area contributed by atoms with Crippen LogP contribution >= 0.6 is 0 Å². The second kappa shape index (κ2) is 7.63. The van der Waals surface area contributed by atoms with Crippen molar-refractivity contribution in [3.05, 3.63) is 60.4 Å². The minimum atomic E-state index is 0.671. The van der Waals surface area contributed by atoms with Crippen LogP contribution in [0, 0.1) is 0 Å². The molecule has 1 aromatic carbocycles. The van der Waals surface area contributed by atoms with Crippen LogP contribution in [-0.2, 0) is 0 Å². The molecule has 0 aliphatic rings. The maximum atomic E-state index is 4.66. The van der Waals surface area contributed by atoms with E-state index in [9.17, 15) is 0 Å². The zero-order valence-electron chi connectivity index (χ0n) is 13.4. The fraction of sp³-hybridized carbons (Fsp3) is 0.250. The highest BCUT2D eigenvalue weighted by molar-refractivity contribution is 5.79. The largest absolute Gasteiger partial charge is 0.245 e. The standard InChI is InChI=1S/C20H21N3/c1-2-3-4-5-6-11-17-12-9-14-19(22-17)20-21-15-16-10-7-8-13-18(16)23-20/h6-15H,2-5H2,1H3/b11-6+. The molecule has 0 bridgehead atoms. The van der Waals surface area contributed by atoms with Crippen LogP contribution in [0.4, 0.5) is 0 Å². The van der Waals surface area contributed by atoms with E-state index in [1.165, 1.54) is 19.3 Å². The van der Waals surface area contributed by atoms with Gasteiger partial charge in [-0.15, -0.1) is 0 Å². The van der Waals surface area contributed by atoms with Crippen LogP contribution in [-0.4, -0.2) is 15.0 Å². The molecule has 23 heavy (non-hydrogen) atoms. The predicted molar refractivity (Wildman–Crippen MR) is 95.9 cm³/mol. The number of pyridine rings is 1. The summed E-state index contributed by atoms with van der Waals surface area (Å²) in [5.41, 5.74) is 2.71. The van der Waals surface area contributed by atoms with E-state index >= 15 is 0 Å². The van der Waals surface area contributed by atoms with E-state index in [0.717, 1.165) is 28.7 Å². The monoisotopic (exact) mass is 303 g/mol. The van der Waals surface area contributed by atoms with Gasteiger partial charge in [-0.05, 0) is 37.1 Å². The molecule has 0 amide bonds. The molecule has 2 heterocycles. The first kappa shape index (κ1) is 15.3. The summed E-state index contributed by atoms with van der Waals surface area (Å²) in [4.78, 5) is 13.7. The Morgan fingerprint density at radius 3 is 2.78 bits per heavy atom. The van der Waals surface area contributed by atoms with Gasteiger partial charge in [-0.1, -0.05) is 50.1 Å². The Kier molecular flexibility index (Phi) is 5.09. The first-order valence-corrected chi connectivity index (χ1v) is 8.22. The molecule has 0 aliphatic carbocycles. The minimum Gasteiger partial charge on any atom is -0.245 e. The fourth-order valence-electron chi connectivity index (χ4n) is 2.48. The lowest BCUT2D eigenvalue weighted by molar-refractivity contribution is 0.730. The first-order chi connectivity index (χ1) is 11.4. The lowest BCUT2D eigenvalue weighted by Gasteiger charge is -2.02. The highest BCUT2D eigenvalue weighted by atomic mass is 14.9. The average molecular weight is 303 g/mol. The molecule has 0 saturated carbocycles. The maximum absolute atomic E-state index is 4.66. The summed E-state index contributed by atoms with van der Waals surface area (Å²) in [5, 5.41) is 1.04. The van der Waals surface area contributed by atoms with E-state index in [1.54, 1.807) is 0 Å². The van der Waals surface area contributed by atoms with Crippen molar-refractivity contribution in [2.24, 2.45) is 0 Å². The van der Waals surface area contributed by atoms with Gasteiger partial charge in [0.15, 0.2) is 5.82 Å². The highest BCUT2D eigenvalue weighted by Gasteiger charge is 2.04. The Bertz CT molecular complexity index is 809. The molecule has 3 rings (SSSR count). The smallest absolute Gasteiger partial charge is 0.178 e. The number of nitrogens with zero attached hydrogens (tertiary/aromatic N) is 3. The summed E-state index contributed by atoms with van der Waals surface area (Å²) in [6.45, 7) is 2.22. The van der Waals surface area contributed by atoms with E-state index in [1.807, 2.05) is 48.7 Å². The number of para-hydroxylation sites is 1. The van der Waals surface area contributed by atoms with Gasteiger partial charge in [-0.3, -0.25) is 0 Å². The topological polar surface area (TPSA) is 38.7 Å². The first-order valence-electron chi connectivity index (χ1n) is 8.22. The number of benzene rings is 1. The Balaban J connectivity index is 1.80. The van der Waals surface area contributed by atoms with Crippen LogP contribution in [0.3, 0.4) is 0 Å². The SMILES string of the molecule is CCCCC/C=C/c1cccc(-c2ncc3ccccc3n2)n1. The van der Waals surface area contributed by atoms with Crippen LogP contribution < -0.4 is 0 Å². The zero-order chi connectivity index (χ0) is 15.9. The third-order valence-electron chi connectivity index (χ3n) is 3.75. The Morgan fingerprint density at radius 1 is 0.957 bits per heavy atom. The summed E-state index contributed by atoms with van der Waals surface area (Å²) < 4.78 is 0. The van der Waals surface area contributed by atoms with Gasteiger partial charge in [-0.25, -0.2) is 15.0 Å². The van der Waals surface area contributed by atoms with E-state index in [4.69, 9.17) is 0 Å². The van der Waals surface area contributed by atoms with Crippen LogP contribution in [0.5, 0.6) is 0 Å². The maximum Gasteiger partial charge on any atom is 0.178 e. The lowest BCUT2D eigenvalue weighted by atomic mass is 10.2. The van der Waals surface area contributed by atoms with E-state index in [-0.39, 0.29) is 0 Å². The fourth-order valence-corrected chi connectivity index (χ4v) is 2.48. The number of aromatic nitrogens is 3. The zero-order valence-corrected chi connectivity index (χ0v) is 13.4. The molecule has 0 atom stereocenters. The van der Waals surface area contributed by atoms with Crippen molar-refractivity contribution in [1.82, 2.24) is 15.0 Å². The Hall–Kier alpha value is -2.55. The summed E-state index contributed by atoms with van der Waals surface area (Å²) >= 11 is 0. The normalized spacial score (nSPS) is 11.3. The number of hydrogen-bond acceptors (Lipinski definition) is 3. The van der Waals surface area contributed by atoms with Gasteiger partial charge in [0.05, 0.1) is 11.2 Å². The van der Waals surface area contributed by atoms with Crippen molar-refractivity contribution < 1.29 is 0 Å². The Morgan fingerprint density at radius 2 is 1.87 bits per heavy atom. The van der Waals surface area contributed by atoms with Crippen molar-refractivity contribution in [3.8, 4) is 11.5 Å². The summed E-state index contributed by atoms with van der Waals surface area (Å²) in [7, 11) is 0. The number of unbranched alkanes of at least 4 members (excludes halogenated alkanes) is 3. The molecule has 3 heteroatoms. The molecule has 2 aromatic heterocycles. The van der Waals surface area contributed by atoms with Crippen LogP contribution in [0.25, 0.3) is 28.5 Å². The second-order valence-corrected chi connectivity index (χ2v) is 5.60. The highest BCUT2D eigenvalue weighted by Crippen LogP contribution is 2.17. The lowest BCUT2D eigenvalue weighted by Crippen LogP contribution is -1.93. The molecule has 116 valence electrons. The third-order valence-corrected chi connectivity index (χ3v) is 3.75. The van der Waals surface area contributed by atoms with Crippen molar-refractivity contribution in [2.75, 3.05) is 0 Å². The Labute approximate surface area is 137 Å². The van der Waals surface area contributed by atoms with Gasteiger partial charge in [0.2, 0.25) is 0 Å². The minimum absolute atomic E-state index is 0.671. The summed E-state index contributed by atoms with van der Waals surface area (Å²) in [6.07, 6.45) is 11.0. The molecule has 0 unspecified atom stereocenters. The van der Waals surface area contributed by atoms with E-state index < -0.39 is 0 Å². The molecule has 0 radical (unpaired) electrons. The molecule has 0 saturated heterocycles. The molecule has 0 fully saturated rings. The van der Waals surface area contributed by atoms with Crippen molar-refractivity contribution in [2.45, 2.75) is 32.6 Å². The molecule has 3 nitrogen and oxygen atoms in total. The number of fused-ring (bicyclic) bond motifs is 1. The summed E-state index contributed by atoms with van der Waals surface area (Å²) in [6, 6.07) is 14.0. The molecule has 0 aliphatic heterocycles. The average Bonchev–Trinajstić information content (AvgIpc) is 2.61. The van der Waals surface area contributed by atoms with Crippen LogP contribution in [0.2, 0.25) is 0 Å². The van der Waals surface area contributed by atoms with Gasteiger partial charge in [0, 0.05) is 11.6 Å². The van der Waals surface area contributed by atoms with Crippen molar-refractivity contribution in [3.63, 3.8) is 0 Å². The molecule has 3 aromatic rings. The number of hydrogen-bond donors (Lipinski definition) is 0. The van der Waals surface area contributed by atoms with Crippen molar-refractivity contribution >= 4 is 17.0 Å². The molecule has 0 spiro atoms. The van der Waals surface area contributed by atoms with Crippen molar-refractivity contribution in [1.29, 1.82) is 0 Å². The van der Waals surface area contributed by atoms with Gasteiger partial charge < -0.3 is 0 Å². The van der Waals surface area contributed by atoms with Crippen LogP contribution in [0.15, 0.2) is 54.7 Å². The second-order valence-electron chi connectivity index (χ2n) is 5.60. The van der Waals surface area contributed by atoms with Gasteiger partial charge in [-0.2, -0.15) is 0 Å². The molecular formula is C20H21N3. The van der Waals surface area contributed by atoms with Gasteiger partial charge in [0.25, 0.3) is 0 Å². The van der Waals surface area contributed by atoms with E-state index in [0.29, 0.717) is 5.82 Å². The van der Waals surface area contributed by atoms with Gasteiger partial charge in [0.1, 0.15) is 5.69 Å². The third kappa shape index (κ3) is 4.01. The number of rotatable bonds is 6. The molecular weight excluding hydrogens is 282 g/mol. The quantitative estimate of drug-likeness (QED) is 0.581. The molecule has 0 N–H and O–H groups in total. The van der Waals surface area contributed by atoms with E-state index in [2.05, 4.69) is 34.0 Å². The summed E-state index contributed by atoms with van der Waals surface area (Å²) in [5.74, 6) is 0.671.